The molecule has 0 spiro atoms. The number of carbonyl (C=O) groups excluding carboxylic acids is 2. The van der Waals surface area contributed by atoms with E-state index in [0.717, 1.165) is 9.35 Å². The Balaban J connectivity index is 1.60. The van der Waals surface area contributed by atoms with Crippen LogP contribution in [0.5, 0.6) is 0 Å². The van der Waals surface area contributed by atoms with Crippen molar-refractivity contribution < 1.29 is 9.59 Å². The number of piperazine rings is 1. The molecule has 0 unspecified atom stereocenters. The molecule has 2 amide bonds. The molecule has 1 aromatic heterocycles. The zero-order chi connectivity index (χ0) is 15.5. The highest BCUT2D eigenvalue weighted by atomic mass is 79.9. The smallest absolute Gasteiger partial charge is 0.264 e. The number of halogens is 1. The summed E-state index contributed by atoms with van der Waals surface area (Å²) in [7, 11) is 0. The van der Waals surface area contributed by atoms with Gasteiger partial charge in [-0.3, -0.25) is 9.59 Å². The monoisotopic (exact) mass is 378 g/mol. The zero-order valence-electron chi connectivity index (χ0n) is 11.9. The van der Waals surface area contributed by atoms with E-state index in [2.05, 4.69) is 15.9 Å². The first-order valence-electron chi connectivity index (χ1n) is 7.03. The lowest BCUT2D eigenvalue weighted by molar-refractivity contribution is 0.0538. The Morgan fingerprint density at radius 3 is 2.05 bits per heavy atom. The minimum atomic E-state index is 0.0238. The molecule has 0 bridgehead atoms. The zero-order valence-corrected chi connectivity index (χ0v) is 14.3. The number of hydrogen-bond donors (Lipinski definition) is 0. The van der Waals surface area contributed by atoms with E-state index in [1.165, 1.54) is 11.3 Å². The third-order valence-electron chi connectivity index (χ3n) is 3.68. The summed E-state index contributed by atoms with van der Waals surface area (Å²) >= 11 is 4.82. The quantitative estimate of drug-likeness (QED) is 0.805. The molecule has 0 radical (unpaired) electrons. The third kappa shape index (κ3) is 3.23. The van der Waals surface area contributed by atoms with Crippen LogP contribution in [-0.2, 0) is 0 Å². The van der Waals surface area contributed by atoms with Gasteiger partial charge in [-0.1, -0.05) is 22.0 Å². The number of rotatable bonds is 2. The Kier molecular flexibility index (Phi) is 4.59. The fraction of sp³-hybridized carbons (Fsp3) is 0.250. The van der Waals surface area contributed by atoms with E-state index >= 15 is 0 Å². The van der Waals surface area contributed by atoms with Crippen LogP contribution in [-0.4, -0.2) is 47.8 Å². The van der Waals surface area contributed by atoms with Crippen molar-refractivity contribution in [2.45, 2.75) is 0 Å². The van der Waals surface area contributed by atoms with E-state index in [9.17, 15) is 9.59 Å². The van der Waals surface area contributed by atoms with Crippen LogP contribution >= 0.6 is 27.3 Å². The lowest BCUT2D eigenvalue weighted by atomic mass is 10.2. The Labute approximate surface area is 141 Å². The van der Waals surface area contributed by atoms with E-state index in [1.54, 1.807) is 4.90 Å². The van der Waals surface area contributed by atoms with Gasteiger partial charge in [0.25, 0.3) is 11.8 Å². The predicted octanol–water partition coefficient (Wildman–Crippen LogP) is 3.11. The van der Waals surface area contributed by atoms with E-state index in [4.69, 9.17) is 0 Å². The summed E-state index contributed by atoms with van der Waals surface area (Å²) in [6, 6.07) is 11.1. The highest BCUT2D eigenvalue weighted by molar-refractivity contribution is 9.10. The number of thiophene rings is 1. The van der Waals surface area contributed by atoms with Crippen LogP contribution in [0.2, 0.25) is 0 Å². The molecule has 2 heterocycles. The van der Waals surface area contributed by atoms with Gasteiger partial charge in [-0.25, -0.2) is 0 Å². The Hall–Kier alpha value is -1.66. The van der Waals surface area contributed by atoms with Crippen molar-refractivity contribution in [2.24, 2.45) is 0 Å². The number of hydrogen-bond acceptors (Lipinski definition) is 3. The number of carbonyl (C=O) groups is 2. The summed E-state index contributed by atoms with van der Waals surface area (Å²) in [5.74, 6) is 0.0847. The molecule has 4 nitrogen and oxygen atoms in total. The van der Waals surface area contributed by atoms with Gasteiger partial charge in [-0.05, 0) is 35.7 Å². The van der Waals surface area contributed by atoms with Crippen LogP contribution in [0.3, 0.4) is 0 Å². The second-order valence-corrected chi connectivity index (χ2v) is 6.93. The van der Waals surface area contributed by atoms with Gasteiger partial charge in [0.2, 0.25) is 0 Å². The average molecular weight is 379 g/mol. The number of nitrogens with zero attached hydrogens (tertiary/aromatic N) is 2. The van der Waals surface area contributed by atoms with Gasteiger partial charge in [-0.2, -0.15) is 0 Å². The SMILES string of the molecule is O=C(c1ccc(Br)cc1)N1CCN(C(=O)c2cccs2)CC1. The van der Waals surface area contributed by atoms with Crippen molar-refractivity contribution in [3.63, 3.8) is 0 Å². The predicted molar refractivity (Wildman–Crippen MR) is 90.3 cm³/mol. The minimum absolute atomic E-state index is 0.0238. The van der Waals surface area contributed by atoms with Crippen LogP contribution in [0.4, 0.5) is 0 Å². The lowest BCUT2D eigenvalue weighted by Gasteiger charge is -2.34. The van der Waals surface area contributed by atoms with Crippen molar-refractivity contribution in [1.29, 1.82) is 0 Å². The molecular formula is C16H15BrN2O2S. The normalized spacial score (nSPS) is 15.0. The molecular weight excluding hydrogens is 364 g/mol. The van der Waals surface area contributed by atoms with Crippen LogP contribution in [0, 0.1) is 0 Å². The molecule has 6 heteroatoms. The average Bonchev–Trinajstić information content (AvgIpc) is 3.09. The first-order valence-corrected chi connectivity index (χ1v) is 8.70. The van der Waals surface area contributed by atoms with Gasteiger partial charge >= 0.3 is 0 Å². The van der Waals surface area contributed by atoms with Crippen LogP contribution in [0.15, 0.2) is 46.3 Å². The lowest BCUT2D eigenvalue weighted by Crippen LogP contribution is -2.50. The fourth-order valence-corrected chi connectivity index (χ4v) is 3.40. The van der Waals surface area contributed by atoms with Gasteiger partial charge in [0.1, 0.15) is 0 Å². The molecule has 0 atom stereocenters. The third-order valence-corrected chi connectivity index (χ3v) is 5.06. The van der Waals surface area contributed by atoms with Crippen molar-refractivity contribution in [3.8, 4) is 0 Å². The van der Waals surface area contributed by atoms with E-state index in [1.807, 2.05) is 46.7 Å². The van der Waals surface area contributed by atoms with E-state index in [-0.39, 0.29) is 11.8 Å². The molecule has 2 aromatic rings. The first-order chi connectivity index (χ1) is 10.6. The first kappa shape index (κ1) is 15.2. The highest BCUT2D eigenvalue weighted by Gasteiger charge is 2.25. The molecule has 1 saturated heterocycles. The molecule has 114 valence electrons. The van der Waals surface area contributed by atoms with Gasteiger partial charge < -0.3 is 9.80 Å². The second-order valence-electron chi connectivity index (χ2n) is 5.07. The summed E-state index contributed by atoms with van der Waals surface area (Å²) in [5.41, 5.74) is 0.682. The number of amides is 2. The maximum atomic E-state index is 12.4. The summed E-state index contributed by atoms with van der Waals surface area (Å²) in [4.78, 5) is 29.1. The Bertz CT molecular complexity index is 662. The summed E-state index contributed by atoms with van der Waals surface area (Å²) < 4.78 is 0.954. The topological polar surface area (TPSA) is 40.6 Å². The summed E-state index contributed by atoms with van der Waals surface area (Å²) in [5, 5.41) is 1.90. The second kappa shape index (κ2) is 6.62. The summed E-state index contributed by atoms with van der Waals surface area (Å²) in [6.07, 6.45) is 0. The van der Waals surface area contributed by atoms with E-state index < -0.39 is 0 Å². The van der Waals surface area contributed by atoms with Crippen LogP contribution in [0.1, 0.15) is 20.0 Å². The highest BCUT2D eigenvalue weighted by Crippen LogP contribution is 2.16. The molecule has 22 heavy (non-hydrogen) atoms. The van der Waals surface area contributed by atoms with Crippen molar-refractivity contribution in [2.75, 3.05) is 26.2 Å². The van der Waals surface area contributed by atoms with Gasteiger partial charge in [0.15, 0.2) is 0 Å². The largest absolute Gasteiger partial charge is 0.335 e. The standard InChI is InChI=1S/C16H15BrN2O2S/c17-13-5-3-12(4-6-13)15(20)18-7-9-19(10-8-18)16(21)14-2-1-11-22-14/h1-6,11H,7-10H2. The molecule has 1 fully saturated rings. The molecule has 0 N–H and O–H groups in total. The maximum absolute atomic E-state index is 12.4. The maximum Gasteiger partial charge on any atom is 0.264 e. The van der Waals surface area contributed by atoms with Crippen molar-refractivity contribution in [1.82, 2.24) is 9.80 Å². The summed E-state index contributed by atoms with van der Waals surface area (Å²) in [6.45, 7) is 2.32. The molecule has 1 aliphatic heterocycles. The van der Waals surface area contributed by atoms with Crippen molar-refractivity contribution in [3.05, 3.63) is 56.7 Å². The molecule has 1 aliphatic rings. The van der Waals surface area contributed by atoms with Crippen molar-refractivity contribution >= 4 is 39.1 Å². The number of benzene rings is 1. The van der Waals surface area contributed by atoms with E-state index in [0.29, 0.717) is 31.7 Å². The van der Waals surface area contributed by atoms with Gasteiger partial charge in [0, 0.05) is 36.2 Å². The van der Waals surface area contributed by atoms with Gasteiger partial charge in [-0.15, -0.1) is 11.3 Å². The molecule has 1 aromatic carbocycles. The molecule has 0 saturated carbocycles. The van der Waals surface area contributed by atoms with Crippen LogP contribution in [0.25, 0.3) is 0 Å². The minimum Gasteiger partial charge on any atom is -0.335 e. The van der Waals surface area contributed by atoms with Crippen LogP contribution < -0.4 is 0 Å². The van der Waals surface area contributed by atoms with Gasteiger partial charge in [0.05, 0.1) is 4.88 Å². The fourth-order valence-electron chi connectivity index (χ4n) is 2.44. The Morgan fingerprint density at radius 2 is 1.50 bits per heavy atom. The molecule has 3 rings (SSSR count). The molecule has 0 aliphatic carbocycles. The Morgan fingerprint density at radius 1 is 0.909 bits per heavy atom.